The Hall–Kier alpha value is -2.47. The molecule has 3 N–H and O–H groups in total. The van der Waals surface area contributed by atoms with Crippen molar-refractivity contribution in [2.24, 2.45) is 0 Å². The SMILES string of the molecule is CC(O)c1ccc(NC(=O)NCc2ccncn2)cc1. The number of nitrogens with one attached hydrogen (secondary N) is 2. The summed E-state index contributed by atoms with van der Waals surface area (Å²) in [5, 5.41) is 14.8. The molecule has 20 heavy (non-hydrogen) atoms. The molecule has 0 fully saturated rings. The van der Waals surface area contributed by atoms with Gasteiger partial charge in [0.2, 0.25) is 0 Å². The molecule has 104 valence electrons. The topological polar surface area (TPSA) is 87.1 Å². The normalized spacial score (nSPS) is 11.7. The quantitative estimate of drug-likeness (QED) is 0.792. The van der Waals surface area contributed by atoms with E-state index in [1.807, 2.05) is 0 Å². The summed E-state index contributed by atoms with van der Waals surface area (Å²) < 4.78 is 0. The Balaban J connectivity index is 1.85. The summed E-state index contributed by atoms with van der Waals surface area (Å²) >= 11 is 0. The van der Waals surface area contributed by atoms with Crippen molar-refractivity contribution in [3.8, 4) is 0 Å². The first-order chi connectivity index (χ1) is 9.65. The molecule has 0 bridgehead atoms. The molecule has 1 unspecified atom stereocenters. The van der Waals surface area contributed by atoms with E-state index in [-0.39, 0.29) is 6.03 Å². The lowest BCUT2D eigenvalue weighted by Gasteiger charge is -2.09. The maximum Gasteiger partial charge on any atom is 0.319 e. The number of urea groups is 1. The first kappa shape index (κ1) is 14.0. The van der Waals surface area contributed by atoms with Crippen LogP contribution in [0.1, 0.15) is 24.3 Å². The fourth-order valence-corrected chi connectivity index (χ4v) is 1.61. The van der Waals surface area contributed by atoms with Gasteiger partial charge in [-0.1, -0.05) is 12.1 Å². The second-order valence-electron chi connectivity index (χ2n) is 4.31. The summed E-state index contributed by atoms with van der Waals surface area (Å²) in [6.45, 7) is 2.02. The largest absolute Gasteiger partial charge is 0.389 e. The van der Waals surface area contributed by atoms with E-state index in [2.05, 4.69) is 20.6 Å². The lowest BCUT2D eigenvalue weighted by atomic mass is 10.1. The molecular weight excluding hydrogens is 256 g/mol. The third kappa shape index (κ3) is 4.03. The first-order valence-electron chi connectivity index (χ1n) is 6.23. The van der Waals surface area contributed by atoms with E-state index in [0.29, 0.717) is 12.2 Å². The molecule has 0 saturated carbocycles. The van der Waals surface area contributed by atoms with Crippen LogP contribution in [0.5, 0.6) is 0 Å². The molecule has 0 aliphatic rings. The number of rotatable bonds is 4. The molecule has 2 aromatic rings. The zero-order chi connectivity index (χ0) is 14.4. The molecule has 1 heterocycles. The Labute approximate surface area is 116 Å². The maximum absolute atomic E-state index is 11.7. The summed E-state index contributed by atoms with van der Waals surface area (Å²) in [6, 6.07) is 8.44. The molecule has 1 aromatic carbocycles. The fourth-order valence-electron chi connectivity index (χ4n) is 1.61. The molecule has 0 aliphatic carbocycles. The second-order valence-corrected chi connectivity index (χ2v) is 4.31. The molecule has 2 amide bonds. The van der Waals surface area contributed by atoms with Crippen molar-refractivity contribution in [1.82, 2.24) is 15.3 Å². The van der Waals surface area contributed by atoms with Crippen LogP contribution in [-0.4, -0.2) is 21.1 Å². The number of anilines is 1. The first-order valence-corrected chi connectivity index (χ1v) is 6.23. The van der Waals surface area contributed by atoms with Gasteiger partial charge in [-0.25, -0.2) is 14.8 Å². The Bertz CT molecular complexity index is 555. The van der Waals surface area contributed by atoms with Gasteiger partial charge in [-0.3, -0.25) is 0 Å². The van der Waals surface area contributed by atoms with Crippen molar-refractivity contribution >= 4 is 11.7 Å². The molecular formula is C14H16N4O2. The minimum Gasteiger partial charge on any atom is -0.389 e. The zero-order valence-corrected chi connectivity index (χ0v) is 11.1. The Morgan fingerprint density at radius 3 is 2.65 bits per heavy atom. The molecule has 6 nitrogen and oxygen atoms in total. The van der Waals surface area contributed by atoms with Gasteiger partial charge < -0.3 is 15.7 Å². The molecule has 1 atom stereocenters. The summed E-state index contributed by atoms with van der Waals surface area (Å²) in [5.74, 6) is 0. The summed E-state index contributed by atoms with van der Waals surface area (Å²) in [4.78, 5) is 19.5. The van der Waals surface area contributed by atoms with E-state index in [0.717, 1.165) is 11.3 Å². The molecule has 6 heteroatoms. The van der Waals surface area contributed by atoms with Crippen molar-refractivity contribution < 1.29 is 9.90 Å². The number of benzene rings is 1. The average Bonchev–Trinajstić information content (AvgIpc) is 2.47. The highest BCUT2D eigenvalue weighted by molar-refractivity contribution is 5.89. The number of carbonyl (C=O) groups is 1. The van der Waals surface area contributed by atoms with Crippen LogP contribution in [0, 0.1) is 0 Å². The van der Waals surface area contributed by atoms with Crippen LogP contribution in [0.25, 0.3) is 0 Å². The van der Waals surface area contributed by atoms with E-state index in [4.69, 9.17) is 0 Å². The van der Waals surface area contributed by atoms with Gasteiger partial charge in [0.05, 0.1) is 18.3 Å². The number of amides is 2. The minimum absolute atomic E-state index is 0.312. The summed E-state index contributed by atoms with van der Waals surface area (Å²) in [7, 11) is 0. The minimum atomic E-state index is -0.518. The van der Waals surface area contributed by atoms with Crippen LogP contribution < -0.4 is 10.6 Å². The number of hydrogen-bond donors (Lipinski definition) is 3. The fraction of sp³-hybridized carbons (Fsp3) is 0.214. The van der Waals surface area contributed by atoms with Crippen molar-refractivity contribution in [2.45, 2.75) is 19.6 Å². The van der Waals surface area contributed by atoms with Crippen molar-refractivity contribution in [3.05, 3.63) is 54.1 Å². The van der Waals surface area contributed by atoms with Crippen LogP contribution in [0.2, 0.25) is 0 Å². The van der Waals surface area contributed by atoms with E-state index >= 15 is 0 Å². The van der Waals surface area contributed by atoms with Crippen LogP contribution in [0.3, 0.4) is 0 Å². The Kier molecular flexibility index (Phi) is 4.62. The molecule has 0 radical (unpaired) electrons. The van der Waals surface area contributed by atoms with Gasteiger partial charge in [-0.15, -0.1) is 0 Å². The van der Waals surface area contributed by atoms with Gasteiger partial charge in [-0.2, -0.15) is 0 Å². The van der Waals surface area contributed by atoms with E-state index < -0.39 is 6.10 Å². The Morgan fingerprint density at radius 1 is 1.30 bits per heavy atom. The highest BCUT2D eigenvalue weighted by atomic mass is 16.3. The van der Waals surface area contributed by atoms with Crippen molar-refractivity contribution in [2.75, 3.05) is 5.32 Å². The van der Waals surface area contributed by atoms with Gasteiger partial charge in [-0.05, 0) is 30.7 Å². The van der Waals surface area contributed by atoms with Gasteiger partial charge in [0.25, 0.3) is 0 Å². The van der Waals surface area contributed by atoms with Crippen LogP contribution in [0.15, 0.2) is 42.9 Å². The molecule has 0 spiro atoms. The predicted molar refractivity (Wildman–Crippen MR) is 75.0 cm³/mol. The smallest absolute Gasteiger partial charge is 0.319 e. The van der Waals surface area contributed by atoms with E-state index in [1.54, 1.807) is 43.5 Å². The molecule has 0 saturated heterocycles. The lowest BCUT2D eigenvalue weighted by molar-refractivity contribution is 0.199. The van der Waals surface area contributed by atoms with E-state index in [9.17, 15) is 9.90 Å². The maximum atomic E-state index is 11.7. The van der Waals surface area contributed by atoms with Crippen LogP contribution in [0.4, 0.5) is 10.5 Å². The average molecular weight is 272 g/mol. The summed E-state index contributed by atoms with van der Waals surface area (Å²) in [6.07, 6.45) is 2.54. The zero-order valence-electron chi connectivity index (χ0n) is 11.1. The van der Waals surface area contributed by atoms with Crippen LogP contribution in [-0.2, 0) is 6.54 Å². The van der Waals surface area contributed by atoms with Crippen molar-refractivity contribution in [3.63, 3.8) is 0 Å². The second kappa shape index (κ2) is 6.63. The number of aliphatic hydroxyl groups excluding tert-OH is 1. The standard InChI is InChI=1S/C14H16N4O2/c1-10(19)11-2-4-12(5-3-11)18-14(20)16-8-13-6-7-15-9-17-13/h2-7,9-10,19H,8H2,1H3,(H2,16,18,20). The third-order valence-corrected chi connectivity index (χ3v) is 2.72. The van der Waals surface area contributed by atoms with Gasteiger partial charge in [0.15, 0.2) is 0 Å². The number of nitrogens with zero attached hydrogens (tertiary/aromatic N) is 2. The van der Waals surface area contributed by atoms with E-state index in [1.165, 1.54) is 6.33 Å². The van der Waals surface area contributed by atoms with Gasteiger partial charge in [0.1, 0.15) is 6.33 Å². The number of carbonyl (C=O) groups excluding carboxylic acids is 1. The Morgan fingerprint density at radius 2 is 2.05 bits per heavy atom. The number of hydrogen-bond acceptors (Lipinski definition) is 4. The molecule has 2 rings (SSSR count). The number of aliphatic hydroxyl groups is 1. The van der Waals surface area contributed by atoms with Crippen LogP contribution >= 0.6 is 0 Å². The monoisotopic (exact) mass is 272 g/mol. The van der Waals surface area contributed by atoms with Gasteiger partial charge >= 0.3 is 6.03 Å². The molecule has 1 aromatic heterocycles. The predicted octanol–water partition coefficient (Wildman–Crippen LogP) is 1.85. The third-order valence-electron chi connectivity index (χ3n) is 2.72. The van der Waals surface area contributed by atoms with Crippen molar-refractivity contribution in [1.29, 1.82) is 0 Å². The molecule has 0 aliphatic heterocycles. The number of aromatic nitrogens is 2. The van der Waals surface area contributed by atoms with Gasteiger partial charge in [0, 0.05) is 11.9 Å². The highest BCUT2D eigenvalue weighted by Crippen LogP contribution is 2.15. The lowest BCUT2D eigenvalue weighted by Crippen LogP contribution is -2.28. The summed E-state index contributed by atoms with van der Waals surface area (Å²) in [5.41, 5.74) is 2.20. The highest BCUT2D eigenvalue weighted by Gasteiger charge is 2.04.